The third kappa shape index (κ3) is 2.71. The summed E-state index contributed by atoms with van der Waals surface area (Å²) in [5, 5.41) is 11.3. The third-order valence-electron chi connectivity index (χ3n) is 2.33. The zero-order valence-electron chi connectivity index (χ0n) is 9.52. The standard InChI is InChI=1S/C12H4BrClF3N3/c13-6-2-7(14)12(19-4-6)20-11-5(3-18)1-8(15)9(16)10(11)17/h1-2,4H,(H,19,20). The molecule has 20 heavy (non-hydrogen) atoms. The first-order valence-corrected chi connectivity index (χ1v) is 6.26. The van der Waals surface area contributed by atoms with Gasteiger partial charge in [-0.1, -0.05) is 11.6 Å². The zero-order chi connectivity index (χ0) is 14.9. The summed E-state index contributed by atoms with van der Waals surface area (Å²) >= 11 is 9.00. The van der Waals surface area contributed by atoms with Crippen LogP contribution in [0.25, 0.3) is 0 Å². The summed E-state index contributed by atoms with van der Waals surface area (Å²) in [6, 6.07) is 3.63. The van der Waals surface area contributed by atoms with Gasteiger partial charge in [0.25, 0.3) is 0 Å². The fourth-order valence-electron chi connectivity index (χ4n) is 1.43. The molecule has 0 unspecified atom stereocenters. The maximum absolute atomic E-state index is 13.7. The highest BCUT2D eigenvalue weighted by Gasteiger charge is 2.20. The highest BCUT2D eigenvalue weighted by Crippen LogP contribution is 2.30. The van der Waals surface area contributed by atoms with E-state index < -0.39 is 28.7 Å². The van der Waals surface area contributed by atoms with E-state index in [1.807, 2.05) is 0 Å². The maximum Gasteiger partial charge on any atom is 0.196 e. The van der Waals surface area contributed by atoms with E-state index in [0.717, 1.165) is 0 Å². The van der Waals surface area contributed by atoms with Crippen molar-refractivity contribution in [3.05, 3.63) is 50.8 Å². The molecule has 1 aromatic heterocycles. The van der Waals surface area contributed by atoms with E-state index in [2.05, 4.69) is 26.2 Å². The molecule has 2 aromatic rings. The van der Waals surface area contributed by atoms with Gasteiger partial charge >= 0.3 is 0 Å². The summed E-state index contributed by atoms with van der Waals surface area (Å²) in [5.74, 6) is -4.63. The van der Waals surface area contributed by atoms with Crippen LogP contribution in [0.2, 0.25) is 5.02 Å². The van der Waals surface area contributed by atoms with Crippen LogP contribution in [0.3, 0.4) is 0 Å². The molecule has 0 atom stereocenters. The lowest BCUT2D eigenvalue weighted by Crippen LogP contribution is -2.04. The van der Waals surface area contributed by atoms with Crippen molar-refractivity contribution in [3.8, 4) is 6.07 Å². The van der Waals surface area contributed by atoms with Crippen LogP contribution in [0.15, 0.2) is 22.8 Å². The van der Waals surface area contributed by atoms with Crippen molar-refractivity contribution in [3.63, 3.8) is 0 Å². The third-order valence-corrected chi connectivity index (χ3v) is 3.06. The van der Waals surface area contributed by atoms with Gasteiger partial charge in [0.15, 0.2) is 17.5 Å². The molecule has 2 rings (SSSR count). The quantitative estimate of drug-likeness (QED) is 0.799. The molecule has 0 aliphatic carbocycles. The predicted octanol–water partition coefficient (Wildman–Crippen LogP) is 4.53. The number of anilines is 2. The Kier molecular flexibility index (Phi) is 4.16. The van der Waals surface area contributed by atoms with Crippen LogP contribution in [0.5, 0.6) is 0 Å². The molecule has 1 aromatic carbocycles. The van der Waals surface area contributed by atoms with Crippen molar-refractivity contribution < 1.29 is 13.2 Å². The minimum absolute atomic E-state index is 0.0104. The van der Waals surface area contributed by atoms with E-state index in [0.29, 0.717) is 10.5 Å². The van der Waals surface area contributed by atoms with Gasteiger partial charge in [-0.3, -0.25) is 0 Å². The molecular weight excluding hydrogens is 359 g/mol. The van der Waals surface area contributed by atoms with Crippen molar-refractivity contribution in [2.75, 3.05) is 5.32 Å². The Morgan fingerprint density at radius 1 is 1.25 bits per heavy atom. The van der Waals surface area contributed by atoms with Crippen LogP contribution in [0, 0.1) is 28.8 Å². The van der Waals surface area contributed by atoms with Gasteiger partial charge in [-0.15, -0.1) is 0 Å². The number of halogens is 5. The normalized spacial score (nSPS) is 10.2. The number of nitriles is 1. The second-order valence-corrected chi connectivity index (χ2v) is 4.95. The van der Waals surface area contributed by atoms with Crippen molar-refractivity contribution in [2.24, 2.45) is 0 Å². The molecule has 0 aliphatic heterocycles. The molecule has 0 saturated carbocycles. The van der Waals surface area contributed by atoms with Crippen LogP contribution >= 0.6 is 27.5 Å². The summed E-state index contributed by atoms with van der Waals surface area (Å²) < 4.78 is 40.5. The highest BCUT2D eigenvalue weighted by molar-refractivity contribution is 9.10. The lowest BCUT2D eigenvalue weighted by atomic mass is 10.1. The topological polar surface area (TPSA) is 48.7 Å². The van der Waals surface area contributed by atoms with Gasteiger partial charge < -0.3 is 5.32 Å². The maximum atomic E-state index is 13.7. The monoisotopic (exact) mass is 361 g/mol. The van der Waals surface area contributed by atoms with Gasteiger partial charge in [0.1, 0.15) is 11.9 Å². The first kappa shape index (κ1) is 14.6. The molecular formula is C12H4BrClF3N3. The number of aromatic nitrogens is 1. The lowest BCUT2D eigenvalue weighted by molar-refractivity contribution is 0.449. The average molecular weight is 363 g/mol. The Hall–Kier alpha value is -1.78. The van der Waals surface area contributed by atoms with E-state index in [-0.39, 0.29) is 10.8 Å². The number of nitrogens with one attached hydrogen (secondary N) is 1. The Morgan fingerprint density at radius 3 is 2.55 bits per heavy atom. The summed E-state index contributed by atoms with van der Waals surface area (Å²) in [6.07, 6.45) is 1.37. The highest BCUT2D eigenvalue weighted by atomic mass is 79.9. The van der Waals surface area contributed by atoms with Gasteiger partial charge in [-0.25, -0.2) is 18.2 Å². The second kappa shape index (κ2) is 5.69. The lowest BCUT2D eigenvalue weighted by Gasteiger charge is -2.11. The molecule has 0 bridgehead atoms. The number of rotatable bonds is 2. The Bertz CT molecular complexity index is 731. The van der Waals surface area contributed by atoms with Crippen molar-refractivity contribution in [2.45, 2.75) is 0 Å². The fraction of sp³-hybridized carbons (Fsp3) is 0. The zero-order valence-corrected chi connectivity index (χ0v) is 11.9. The van der Waals surface area contributed by atoms with Crippen LogP contribution < -0.4 is 5.32 Å². The molecule has 0 fully saturated rings. The molecule has 8 heteroatoms. The smallest absolute Gasteiger partial charge is 0.196 e. The fourth-order valence-corrected chi connectivity index (χ4v) is 2.11. The van der Waals surface area contributed by atoms with E-state index in [4.69, 9.17) is 16.9 Å². The van der Waals surface area contributed by atoms with Crippen LogP contribution in [0.4, 0.5) is 24.7 Å². The largest absolute Gasteiger partial charge is 0.335 e. The van der Waals surface area contributed by atoms with E-state index in [1.165, 1.54) is 12.3 Å². The van der Waals surface area contributed by atoms with Gasteiger partial charge in [0.2, 0.25) is 0 Å². The Labute approximate surface area is 125 Å². The van der Waals surface area contributed by atoms with Gasteiger partial charge in [0, 0.05) is 10.7 Å². The molecule has 0 saturated heterocycles. The first-order chi connectivity index (χ1) is 9.43. The Balaban J connectivity index is 2.54. The van der Waals surface area contributed by atoms with Crippen molar-refractivity contribution >= 4 is 39.0 Å². The number of benzene rings is 1. The van der Waals surface area contributed by atoms with Crippen molar-refractivity contribution in [1.82, 2.24) is 4.98 Å². The molecule has 3 nitrogen and oxygen atoms in total. The van der Waals surface area contributed by atoms with Crippen molar-refractivity contribution in [1.29, 1.82) is 5.26 Å². The first-order valence-electron chi connectivity index (χ1n) is 5.09. The summed E-state index contributed by atoms with van der Waals surface area (Å²) in [4.78, 5) is 3.86. The molecule has 1 heterocycles. The molecule has 1 N–H and O–H groups in total. The summed E-state index contributed by atoms with van der Waals surface area (Å²) in [5.41, 5.74) is -0.926. The van der Waals surface area contributed by atoms with Gasteiger partial charge in [-0.2, -0.15) is 5.26 Å². The predicted molar refractivity (Wildman–Crippen MR) is 71.3 cm³/mol. The van der Waals surface area contributed by atoms with E-state index in [9.17, 15) is 13.2 Å². The minimum Gasteiger partial charge on any atom is -0.335 e. The van der Waals surface area contributed by atoms with Gasteiger partial charge in [-0.05, 0) is 28.1 Å². The number of nitrogens with zero attached hydrogens (tertiary/aromatic N) is 2. The molecule has 0 aliphatic rings. The van der Waals surface area contributed by atoms with E-state index in [1.54, 1.807) is 6.07 Å². The average Bonchev–Trinajstić information content (AvgIpc) is 2.41. The minimum atomic E-state index is -1.68. The Morgan fingerprint density at radius 2 is 1.95 bits per heavy atom. The SMILES string of the molecule is N#Cc1cc(F)c(F)c(F)c1Nc1ncc(Br)cc1Cl. The number of pyridine rings is 1. The molecule has 0 radical (unpaired) electrons. The van der Waals surface area contributed by atoms with Gasteiger partial charge in [0.05, 0.1) is 16.3 Å². The van der Waals surface area contributed by atoms with Crippen LogP contribution in [-0.2, 0) is 0 Å². The second-order valence-electron chi connectivity index (χ2n) is 3.63. The van der Waals surface area contributed by atoms with E-state index >= 15 is 0 Å². The van der Waals surface area contributed by atoms with Crippen LogP contribution in [-0.4, -0.2) is 4.98 Å². The summed E-state index contributed by atoms with van der Waals surface area (Å²) in [6.45, 7) is 0. The molecule has 0 spiro atoms. The number of hydrogen-bond donors (Lipinski definition) is 1. The molecule has 102 valence electrons. The van der Waals surface area contributed by atoms with Crippen LogP contribution in [0.1, 0.15) is 5.56 Å². The number of hydrogen-bond acceptors (Lipinski definition) is 3. The summed E-state index contributed by atoms with van der Waals surface area (Å²) in [7, 11) is 0. The molecule has 0 amide bonds.